The molecule has 0 unspecified atom stereocenters. The van der Waals surface area contributed by atoms with E-state index in [2.05, 4.69) is 24.4 Å². The van der Waals surface area contributed by atoms with Gasteiger partial charge in [-0.05, 0) is 36.2 Å². The minimum Gasteiger partial charge on any atom is -0.324 e. The third kappa shape index (κ3) is 3.89. The predicted octanol–water partition coefficient (Wildman–Crippen LogP) is 5.18. The van der Waals surface area contributed by atoms with Gasteiger partial charge in [0.05, 0.1) is 22.0 Å². The second-order valence-electron chi connectivity index (χ2n) is 5.32. The molecule has 0 fully saturated rings. The summed E-state index contributed by atoms with van der Waals surface area (Å²) in [4.78, 5) is 16.9. The molecule has 0 atom stereocenters. The van der Waals surface area contributed by atoms with Crippen molar-refractivity contribution in [3.63, 3.8) is 0 Å². The van der Waals surface area contributed by atoms with Gasteiger partial charge in [-0.25, -0.2) is 4.98 Å². The summed E-state index contributed by atoms with van der Waals surface area (Å²) in [5, 5.41) is 5.40. The fourth-order valence-electron chi connectivity index (χ4n) is 2.40. The fraction of sp³-hybridized carbons (Fsp3) is 0.158. The zero-order chi connectivity index (χ0) is 16.9. The summed E-state index contributed by atoms with van der Waals surface area (Å²) < 4.78 is 0. The Morgan fingerprint density at radius 2 is 1.92 bits per heavy atom. The lowest BCUT2D eigenvalue weighted by Crippen LogP contribution is -2.14. The van der Waals surface area contributed by atoms with Gasteiger partial charge in [0.25, 0.3) is 0 Å². The number of aromatic nitrogens is 1. The number of nitrogens with zero attached hydrogens (tertiary/aromatic N) is 1. The van der Waals surface area contributed by atoms with Crippen molar-refractivity contribution in [1.82, 2.24) is 4.98 Å². The van der Waals surface area contributed by atoms with Crippen molar-refractivity contribution in [3.8, 4) is 0 Å². The van der Waals surface area contributed by atoms with Crippen LogP contribution in [-0.2, 0) is 11.2 Å². The number of carbonyl (C=O) groups is 1. The van der Waals surface area contributed by atoms with E-state index in [0.29, 0.717) is 16.5 Å². The first-order valence-corrected chi connectivity index (χ1v) is 9.09. The standard InChI is InChI=1S/C19H17ClN2OS/c1-2-13-11-14-7-3-5-9-16(14)22-19(13)24-12-18(23)21-17-10-6-4-8-15(17)20/h3-11H,2,12H2,1H3,(H,21,23). The SMILES string of the molecule is CCc1cc2ccccc2nc1SCC(=O)Nc1ccccc1Cl. The number of anilines is 1. The number of hydrogen-bond acceptors (Lipinski definition) is 3. The lowest BCUT2D eigenvalue weighted by atomic mass is 10.1. The van der Waals surface area contributed by atoms with Gasteiger partial charge in [0.1, 0.15) is 5.03 Å². The molecule has 3 nitrogen and oxygen atoms in total. The van der Waals surface area contributed by atoms with Crippen LogP contribution in [0.3, 0.4) is 0 Å². The van der Waals surface area contributed by atoms with E-state index in [1.807, 2.05) is 30.3 Å². The number of aryl methyl sites for hydroxylation is 1. The largest absolute Gasteiger partial charge is 0.324 e. The maximum Gasteiger partial charge on any atom is 0.234 e. The molecular formula is C19H17ClN2OS. The minimum absolute atomic E-state index is 0.0925. The van der Waals surface area contributed by atoms with Crippen LogP contribution in [0.5, 0.6) is 0 Å². The van der Waals surface area contributed by atoms with Crippen molar-refractivity contribution in [2.75, 3.05) is 11.1 Å². The molecule has 0 radical (unpaired) electrons. The van der Waals surface area contributed by atoms with Crippen LogP contribution in [0.1, 0.15) is 12.5 Å². The van der Waals surface area contributed by atoms with Crippen LogP contribution in [0.2, 0.25) is 5.02 Å². The van der Waals surface area contributed by atoms with E-state index in [-0.39, 0.29) is 5.91 Å². The topological polar surface area (TPSA) is 42.0 Å². The molecule has 2 aromatic carbocycles. The zero-order valence-corrected chi connectivity index (χ0v) is 14.8. The number of para-hydroxylation sites is 2. The maximum absolute atomic E-state index is 12.2. The molecule has 0 aliphatic heterocycles. The highest BCUT2D eigenvalue weighted by atomic mass is 35.5. The van der Waals surface area contributed by atoms with Crippen LogP contribution in [-0.4, -0.2) is 16.6 Å². The van der Waals surface area contributed by atoms with E-state index in [9.17, 15) is 4.79 Å². The van der Waals surface area contributed by atoms with Crippen LogP contribution in [0, 0.1) is 0 Å². The number of benzene rings is 2. The number of carbonyl (C=O) groups excluding carboxylic acids is 1. The van der Waals surface area contributed by atoms with E-state index in [1.165, 1.54) is 11.8 Å². The number of thioether (sulfide) groups is 1. The van der Waals surface area contributed by atoms with Gasteiger partial charge >= 0.3 is 0 Å². The Balaban J connectivity index is 1.73. The molecule has 1 amide bonds. The molecular weight excluding hydrogens is 340 g/mol. The Kier molecular flexibility index (Phi) is 5.38. The Labute approximate surface area is 150 Å². The average Bonchev–Trinajstić information content (AvgIpc) is 2.61. The molecule has 1 heterocycles. The van der Waals surface area contributed by atoms with Crippen LogP contribution in [0.25, 0.3) is 10.9 Å². The number of halogens is 1. The Morgan fingerprint density at radius 1 is 1.17 bits per heavy atom. The number of hydrogen-bond donors (Lipinski definition) is 1. The molecule has 0 aliphatic carbocycles. The number of nitrogens with one attached hydrogen (secondary N) is 1. The molecule has 0 saturated heterocycles. The predicted molar refractivity (Wildman–Crippen MR) is 102 cm³/mol. The van der Waals surface area contributed by atoms with Crippen molar-refractivity contribution in [2.45, 2.75) is 18.4 Å². The van der Waals surface area contributed by atoms with Crippen molar-refractivity contribution < 1.29 is 4.79 Å². The Bertz CT molecular complexity index is 882. The maximum atomic E-state index is 12.2. The highest BCUT2D eigenvalue weighted by Crippen LogP contribution is 2.26. The molecule has 1 aromatic heterocycles. The highest BCUT2D eigenvalue weighted by molar-refractivity contribution is 8.00. The van der Waals surface area contributed by atoms with E-state index in [4.69, 9.17) is 16.6 Å². The number of amides is 1. The number of pyridine rings is 1. The molecule has 24 heavy (non-hydrogen) atoms. The van der Waals surface area contributed by atoms with Crippen molar-refractivity contribution in [3.05, 3.63) is 65.2 Å². The summed E-state index contributed by atoms with van der Waals surface area (Å²) >= 11 is 7.52. The smallest absolute Gasteiger partial charge is 0.234 e. The summed E-state index contributed by atoms with van der Waals surface area (Å²) in [6, 6.07) is 17.4. The van der Waals surface area contributed by atoms with Crippen LogP contribution in [0.4, 0.5) is 5.69 Å². The van der Waals surface area contributed by atoms with Gasteiger partial charge in [0.2, 0.25) is 5.91 Å². The molecule has 3 aromatic rings. The van der Waals surface area contributed by atoms with Gasteiger partial charge < -0.3 is 5.32 Å². The summed E-state index contributed by atoms with van der Waals surface area (Å²) in [6.45, 7) is 2.10. The number of fused-ring (bicyclic) bond motifs is 1. The first-order valence-electron chi connectivity index (χ1n) is 7.73. The zero-order valence-electron chi connectivity index (χ0n) is 13.3. The first-order chi connectivity index (χ1) is 11.7. The quantitative estimate of drug-likeness (QED) is 0.640. The second kappa shape index (κ2) is 7.69. The fourth-order valence-corrected chi connectivity index (χ4v) is 3.48. The highest BCUT2D eigenvalue weighted by Gasteiger charge is 2.10. The van der Waals surface area contributed by atoms with E-state index in [1.54, 1.807) is 12.1 Å². The lowest BCUT2D eigenvalue weighted by molar-refractivity contribution is -0.113. The van der Waals surface area contributed by atoms with E-state index < -0.39 is 0 Å². The van der Waals surface area contributed by atoms with Crippen molar-refractivity contribution in [2.24, 2.45) is 0 Å². The minimum atomic E-state index is -0.0925. The molecule has 0 spiro atoms. The monoisotopic (exact) mass is 356 g/mol. The average molecular weight is 357 g/mol. The second-order valence-corrected chi connectivity index (χ2v) is 6.69. The van der Waals surface area contributed by atoms with E-state index in [0.717, 1.165) is 27.9 Å². The molecule has 3 rings (SSSR count). The summed E-state index contributed by atoms with van der Waals surface area (Å²) in [5.74, 6) is 0.203. The molecule has 1 N–H and O–H groups in total. The molecule has 122 valence electrons. The summed E-state index contributed by atoms with van der Waals surface area (Å²) in [7, 11) is 0. The van der Waals surface area contributed by atoms with Gasteiger partial charge in [-0.1, -0.05) is 60.6 Å². The van der Waals surface area contributed by atoms with Crippen LogP contribution in [0.15, 0.2) is 59.6 Å². The van der Waals surface area contributed by atoms with E-state index >= 15 is 0 Å². The normalized spacial score (nSPS) is 10.8. The molecule has 0 aliphatic rings. The third-order valence-electron chi connectivity index (χ3n) is 3.63. The van der Waals surface area contributed by atoms with Gasteiger partial charge in [-0.3, -0.25) is 4.79 Å². The molecule has 0 bridgehead atoms. The van der Waals surface area contributed by atoms with Gasteiger partial charge in [-0.15, -0.1) is 0 Å². The van der Waals surface area contributed by atoms with Gasteiger partial charge in [-0.2, -0.15) is 0 Å². The van der Waals surface area contributed by atoms with Crippen LogP contribution >= 0.6 is 23.4 Å². The molecule has 0 saturated carbocycles. The Hall–Kier alpha value is -2.04. The van der Waals surface area contributed by atoms with Crippen molar-refractivity contribution in [1.29, 1.82) is 0 Å². The van der Waals surface area contributed by atoms with Gasteiger partial charge in [0, 0.05) is 5.39 Å². The van der Waals surface area contributed by atoms with Crippen LogP contribution < -0.4 is 5.32 Å². The number of rotatable bonds is 5. The lowest BCUT2D eigenvalue weighted by Gasteiger charge is -2.10. The first kappa shape index (κ1) is 16.8. The van der Waals surface area contributed by atoms with Crippen molar-refractivity contribution >= 4 is 45.9 Å². The molecule has 5 heteroatoms. The Morgan fingerprint density at radius 3 is 2.71 bits per heavy atom. The summed E-state index contributed by atoms with van der Waals surface area (Å²) in [6.07, 6.45) is 0.881. The third-order valence-corrected chi connectivity index (χ3v) is 5.00. The van der Waals surface area contributed by atoms with Gasteiger partial charge in [0.15, 0.2) is 0 Å². The summed E-state index contributed by atoms with van der Waals surface area (Å²) in [5.41, 5.74) is 2.74.